The number of benzene rings is 2. The first-order valence-electron chi connectivity index (χ1n) is 6.74. The van der Waals surface area contributed by atoms with Gasteiger partial charge in [-0.3, -0.25) is 4.79 Å². The Kier molecular flexibility index (Phi) is 5.24. The van der Waals surface area contributed by atoms with E-state index in [1.165, 1.54) is 0 Å². The van der Waals surface area contributed by atoms with Crippen LogP contribution in [0.15, 0.2) is 65.6 Å². The lowest BCUT2D eigenvalue weighted by Gasteiger charge is -2.17. The van der Waals surface area contributed by atoms with Crippen molar-refractivity contribution in [3.63, 3.8) is 0 Å². The molecule has 1 unspecified atom stereocenters. The van der Waals surface area contributed by atoms with Crippen LogP contribution in [0.25, 0.3) is 0 Å². The fourth-order valence-corrected chi connectivity index (χ4v) is 2.81. The smallest absolute Gasteiger partial charge is 0.233 e. The molecule has 0 heterocycles. The number of carbonyl (C=O) groups excluding carboxylic acids is 1. The summed E-state index contributed by atoms with van der Waals surface area (Å²) in [6.45, 7) is 3.94. The van der Waals surface area contributed by atoms with Crippen LogP contribution in [-0.4, -0.2) is 11.2 Å². The molecule has 20 heavy (non-hydrogen) atoms. The lowest BCUT2D eigenvalue weighted by atomic mass is 10.1. The molecule has 2 aromatic rings. The Morgan fingerprint density at radius 3 is 2.10 bits per heavy atom. The Morgan fingerprint density at radius 1 is 0.950 bits per heavy atom. The molecule has 0 radical (unpaired) electrons. The van der Waals surface area contributed by atoms with Gasteiger partial charge in [0.25, 0.3) is 0 Å². The maximum atomic E-state index is 12.2. The van der Waals surface area contributed by atoms with Gasteiger partial charge >= 0.3 is 0 Å². The highest BCUT2D eigenvalue weighted by Gasteiger charge is 2.16. The van der Waals surface area contributed by atoms with Crippen molar-refractivity contribution in [3.05, 3.63) is 66.2 Å². The third kappa shape index (κ3) is 4.14. The zero-order chi connectivity index (χ0) is 14.4. The van der Waals surface area contributed by atoms with Crippen molar-refractivity contribution in [3.8, 4) is 0 Å². The number of amides is 1. The van der Waals surface area contributed by atoms with Crippen LogP contribution < -0.4 is 5.32 Å². The molecule has 2 rings (SSSR count). The molecule has 0 bridgehead atoms. The molecule has 1 N–H and O–H groups in total. The van der Waals surface area contributed by atoms with Crippen LogP contribution in [0.1, 0.15) is 25.5 Å². The largest absolute Gasteiger partial charge is 0.349 e. The zero-order valence-electron chi connectivity index (χ0n) is 11.7. The quantitative estimate of drug-likeness (QED) is 0.840. The first kappa shape index (κ1) is 14.7. The van der Waals surface area contributed by atoms with Crippen LogP contribution in [-0.2, 0) is 4.79 Å². The number of rotatable bonds is 5. The van der Waals surface area contributed by atoms with Crippen LogP contribution >= 0.6 is 11.8 Å². The standard InChI is InChI=1S/C17H19NOS/c1-13(15-9-5-3-6-10-15)18-17(19)14(2)20-16-11-7-4-8-12-16/h3-14H,1-2H3,(H,18,19)/t13-,14?/m0/s1. The van der Waals surface area contributed by atoms with Crippen molar-refractivity contribution in [2.24, 2.45) is 0 Å². The van der Waals surface area contributed by atoms with Gasteiger partial charge in [-0.15, -0.1) is 11.8 Å². The number of hydrogen-bond donors (Lipinski definition) is 1. The van der Waals surface area contributed by atoms with Crippen molar-refractivity contribution in [1.82, 2.24) is 5.32 Å². The molecule has 2 atom stereocenters. The van der Waals surface area contributed by atoms with Crippen molar-refractivity contribution >= 4 is 17.7 Å². The van der Waals surface area contributed by atoms with E-state index >= 15 is 0 Å². The van der Waals surface area contributed by atoms with E-state index in [1.54, 1.807) is 11.8 Å². The van der Waals surface area contributed by atoms with Gasteiger partial charge in [-0.05, 0) is 31.5 Å². The van der Waals surface area contributed by atoms with Crippen LogP contribution in [0, 0.1) is 0 Å². The molecule has 104 valence electrons. The summed E-state index contributed by atoms with van der Waals surface area (Å²) in [6.07, 6.45) is 0. The maximum absolute atomic E-state index is 12.2. The number of nitrogens with one attached hydrogen (secondary N) is 1. The lowest BCUT2D eigenvalue weighted by Crippen LogP contribution is -2.33. The van der Waals surface area contributed by atoms with E-state index in [4.69, 9.17) is 0 Å². The van der Waals surface area contributed by atoms with Crippen molar-refractivity contribution < 1.29 is 4.79 Å². The Hall–Kier alpha value is -1.74. The van der Waals surface area contributed by atoms with Crippen LogP contribution in [0.2, 0.25) is 0 Å². The van der Waals surface area contributed by atoms with Crippen LogP contribution in [0.4, 0.5) is 0 Å². The third-order valence-electron chi connectivity index (χ3n) is 3.08. The molecule has 0 aliphatic rings. The van der Waals surface area contributed by atoms with E-state index in [0.29, 0.717) is 0 Å². The van der Waals surface area contributed by atoms with Gasteiger partial charge in [-0.2, -0.15) is 0 Å². The third-order valence-corrected chi connectivity index (χ3v) is 4.20. The van der Waals surface area contributed by atoms with E-state index in [2.05, 4.69) is 5.32 Å². The van der Waals surface area contributed by atoms with E-state index in [0.717, 1.165) is 10.5 Å². The fraction of sp³-hybridized carbons (Fsp3) is 0.235. The van der Waals surface area contributed by atoms with E-state index in [1.807, 2.05) is 74.5 Å². The molecule has 3 heteroatoms. The normalized spacial score (nSPS) is 13.5. The highest BCUT2D eigenvalue weighted by atomic mass is 32.2. The molecule has 1 amide bonds. The first-order valence-corrected chi connectivity index (χ1v) is 7.62. The van der Waals surface area contributed by atoms with Gasteiger partial charge in [-0.25, -0.2) is 0 Å². The van der Waals surface area contributed by atoms with E-state index < -0.39 is 0 Å². The van der Waals surface area contributed by atoms with Gasteiger partial charge in [0, 0.05) is 4.90 Å². The Labute approximate surface area is 124 Å². The summed E-state index contributed by atoms with van der Waals surface area (Å²) in [5, 5.41) is 2.95. The van der Waals surface area contributed by atoms with Gasteiger partial charge < -0.3 is 5.32 Å². The van der Waals surface area contributed by atoms with Crippen LogP contribution in [0.5, 0.6) is 0 Å². The predicted molar refractivity (Wildman–Crippen MR) is 84.8 cm³/mol. The second kappa shape index (κ2) is 7.15. The predicted octanol–water partition coefficient (Wildman–Crippen LogP) is 4.04. The summed E-state index contributed by atoms with van der Waals surface area (Å²) >= 11 is 1.58. The van der Waals surface area contributed by atoms with E-state index in [-0.39, 0.29) is 17.2 Å². The Bertz CT molecular complexity index is 541. The molecule has 0 aliphatic carbocycles. The Morgan fingerprint density at radius 2 is 1.50 bits per heavy atom. The Balaban J connectivity index is 1.91. The van der Waals surface area contributed by atoms with E-state index in [9.17, 15) is 4.79 Å². The minimum Gasteiger partial charge on any atom is -0.349 e. The average Bonchev–Trinajstić information content (AvgIpc) is 2.49. The summed E-state index contributed by atoms with van der Waals surface area (Å²) in [7, 11) is 0. The lowest BCUT2D eigenvalue weighted by molar-refractivity contribution is -0.120. The second-order valence-corrected chi connectivity index (χ2v) is 6.13. The minimum absolute atomic E-state index is 0.0301. The molecular weight excluding hydrogens is 266 g/mol. The molecular formula is C17H19NOS. The first-order chi connectivity index (χ1) is 9.66. The summed E-state index contributed by atoms with van der Waals surface area (Å²) in [5.41, 5.74) is 1.12. The van der Waals surface area contributed by atoms with Crippen molar-refractivity contribution in [2.45, 2.75) is 30.0 Å². The topological polar surface area (TPSA) is 29.1 Å². The highest BCUT2D eigenvalue weighted by Crippen LogP contribution is 2.23. The molecule has 0 spiro atoms. The summed E-state index contributed by atoms with van der Waals surface area (Å²) in [4.78, 5) is 13.3. The molecule has 0 saturated carbocycles. The van der Waals surface area contributed by atoms with Gasteiger partial charge in [0.2, 0.25) is 5.91 Å². The van der Waals surface area contributed by atoms with Gasteiger partial charge in [0.15, 0.2) is 0 Å². The summed E-state index contributed by atoms with van der Waals surface area (Å²) in [5.74, 6) is 0.0650. The molecule has 2 aromatic carbocycles. The van der Waals surface area contributed by atoms with Gasteiger partial charge in [-0.1, -0.05) is 48.5 Å². The fourth-order valence-electron chi connectivity index (χ4n) is 1.91. The van der Waals surface area contributed by atoms with Gasteiger partial charge in [0.05, 0.1) is 11.3 Å². The second-order valence-electron chi connectivity index (χ2n) is 4.71. The SMILES string of the molecule is CC(Sc1ccccc1)C(=O)N[C@@H](C)c1ccccc1. The number of thioether (sulfide) groups is 1. The monoisotopic (exact) mass is 285 g/mol. The maximum Gasteiger partial charge on any atom is 0.233 e. The summed E-state index contributed by atoms with van der Waals surface area (Å²) in [6, 6.07) is 20.0. The minimum atomic E-state index is -0.108. The number of hydrogen-bond acceptors (Lipinski definition) is 2. The molecule has 0 fully saturated rings. The van der Waals surface area contributed by atoms with Crippen molar-refractivity contribution in [1.29, 1.82) is 0 Å². The highest BCUT2D eigenvalue weighted by molar-refractivity contribution is 8.00. The molecule has 0 saturated heterocycles. The zero-order valence-corrected chi connectivity index (χ0v) is 12.6. The summed E-state index contributed by atoms with van der Waals surface area (Å²) < 4.78 is 0. The average molecular weight is 285 g/mol. The molecule has 2 nitrogen and oxygen atoms in total. The number of carbonyl (C=O) groups is 1. The van der Waals surface area contributed by atoms with Crippen molar-refractivity contribution in [2.75, 3.05) is 0 Å². The molecule has 0 aromatic heterocycles. The van der Waals surface area contributed by atoms with Gasteiger partial charge in [0.1, 0.15) is 0 Å². The van der Waals surface area contributed by atoms with Crippen LogP contribution in [0.3, 0.4) is 0 Å². The molecule has 0 aliphatic heterocycles.